The Balaban J connectivity index is 1.87. The highest BCUT2D eigenvalue weighted by Gasteiger charge is 2.24. The van der Waals surface area contributed by atoms with Gasteiger partial charge in [0.05, 0.1) is 0 Å². The Morgan fingerprint density at radius 1 is 0.857 bits per heavy atom. The second-order valence-corrected chi connectivity index (χ2v) is 8.09. The second-order valence-electron chi connectivity index (χ2n) is 8.09. The molecule has 1 heterocycles. The van der Waals surface area contributed by atoms with Crippen molar-refractivity contribution in [1.82, 2.24) is 15.1 Å². The van der Waals surface area contributed by atoms with E-state index in [-0.39, 0.29) is 17.4 Å². The van der Waals surface area contributed by atoms with Gasteiger partial charge < -0.3 is 15.1 Å². The fourth-order valence-electron chi connectivity index (χ4n) is 4.07. The summed E-state index contributed by atoms with van der Waals surface area (Å²) in [6.45, 7) is 3.60. The molecular formula is C22H36N4O2. The summed E-state index contributed by atoms with van der Waals surface area (Å²) in [4.78, 5) is 27.5. The number of nitriles is 1. The van der Waals surface area contributed by atoms with Crippen LogP contribution in [-0.4, -0.2) is 53.8 Å². The smallest absolute Gasteiger partial charge is 0.266 e. The molecule has 0 aromatic carbocycles. The molecule has 0 spiro atoms. The van der Waals surface area contributed by atoms with Crippen molar-refractivity contribution in [3.05, 3.63) is 11.8 Å². The Kier molecular flexibility index (Phi) is 9.88. The Morgan fingerprint density at radius 2 is 1.32 bits per heavy atom. The van der Waals surface area contributed by atoms with Crippen LogP contribution in [0.25, 0.3) is 0 Å². The van der Waals surface area contributed by atoms with Crippen LogP contribution in [0.3, 0.4) is 0 Å². The van der Waals surface area contributed by atoms with Crippen molar-refractivity contribution in [1.29, 1.82) is 5.26 Å². The van der Waals surface area contributed by atoms with Crippen LogP contribution in [0.5, 0.6) is 0 Å². The van der Waals surface area contributed by atoms with Gasteiger partial charge in [0.1, 0.15) is 11.6 Å². The van der Waals surface area contributed by atoms with Crippen LogP contribution in [0.1, 0.15) is 77.6 Å². The van der Waals surface area contributed by atoms with E-state index < -0.39 is 0 Å². The van der Waals surface area contributed by atoms with Crippen LogP contribution >= 0.6 is 0 Å². The Hall–Kier alpha value is -2.03. The molecule has 28 heavy (non-hydrogen) atoms. The molecule has 0 aromatic heterocycles. The first-order valence-corrected chi connectivity index (χ1v) is 11.0. The normalized spacial score (nSPS) is 21.2. The number of nitrogens with one attached hydrogen (secondary N) is 1. The highest BCUT2D eigenvalue weighted by molar-refractivity contribution is 5.97. The van der Waals surface area contributed by atoms with Crippen molar-refractivity contribution in [3.8, 4) is 6.07 Å². The van der Waals surface area contributed by atoms with Gasteiger partial charge in [-0.25, -0.2) is 0 Å². The van der Waals surface area contributed by atoms with Gasteiger partial charge in [0, 0.05) is 45.3 Å². The number of carbonyl (C=O) groups is 2. The highest BCUT2D eigenvalue weighted by Crippen LogP contribution is 2.17. The summed E-state index contributed by atoms with van der Waals surface area (Å²) in [6.07, 6.45) is 15.5. The van der Waals surface area contributed by atoms with E-state index in [1.165, 1.54) is 57.8 Å². The molecule has 1 aliphatic heterocycles. The minimum absolute atomic E-state index is 0.0346. The van der Waals surface area contributed by atoms with Crippen molar-refractivity contribution >= 4 is 11.8 Å². The molecule has 2 amide bonds. The Labute approximate surface area is 169 Å². The van der Waals surface area contributed by atoms with Gasteiger partial charge >= 0.3 is 0 Å². The number of amides is 2. The topological polar surface area (TPSA) is 76.4 Å². The maximum absolute atomic E-state index is 12.7. The van der Waals surface area contributed by atoms with Gasteiger partial charge in [-0.1, -0.05) is 57.8 Å². The predicted octanol–water partition coefficient (Wildman–Crippen LogP) is 3.35. The lowest BCUT2D eigenvalue weighted by molar-refractivity contribution is -0.136. The minimum atomic E-state index is -0.230. The Bertz CT molecular complexity index is 562. The lowest BCUT2D eigenvalue weighted by Crippen LogP contribution is -2.50. The summed E-state index contributed by atoms with van der Waals surface area (Å²) in [5, 5.41) is 12.9. The van der Waals surface area contributed by atoms with E-state index >= 15 is 0 Å². The number of nitrogens with zero attached hydrogens (tertiary/aromatic N) is 3. The van der Waals surface area contributed by atoms with E-state index in [0.29, 0.717) is 32.2 Å². The highest BCUT2D eigenvalue weighted by atomic mass is 16.2. The molecule has 6 nitrogen and oxygen atoms in total. The zero-order valence-electron chi connectivity index (χ0n) is 17.4. The minimum Gasteiger partial charge on any atom is -0.387 e. The van der Waals surface area contributed by atoms with E-state index in [9.17, 15) is 14.9 Å². The third kappa shape index (κ3) is 7.53. The number of piperazine rings is 1. The molecule has 1 saturated heterocycles. The third-order valence-electron chi connectivity index (χ3n) is 5.93. The van der Waals surface area contributed by atoms with Gasteiger partial charge in [0.15, 0.2) is 0 Å². The molecule has 0 radical (unpaired) electrons. The molecule has 2 aliphatic rings. The van der Waals surface area contributed by atoms with E-state index in [1.54, 1.807) is 22.9 Å². The van der Waals surface area contributed by atoms with Crippen LogP contribution in [0, 0.1) is 11.3 Å². The molecule has 1 N–H and O–H groups in total. The van der Waals surface area contributed by atoms with Crippen molar-refractivity contribution < 1.29 is 9.59 Å². The number of carbonyl (C=O) groups excluding carboxylic acids is 2. The van der Waals surface area contributed by atoms with Gasteiger partial charge in [-0.3, -0.25) is 9.59 Å². The largest absolute Gasteiger partial charge is 0.387 e. The van der Waals surface area contributed by atoms with Crippen LogP contribution < -0.4 is 5.32 Å². The lowest BCUT2D eigenvalue weighted by Gasteiger charge is -2.34. The molecular weight excluding hydrogens is 352 g/mol. The van der Waals surface area contributed by atoms with Crippen LogP contribution in [0.15, 0.2) is 11.8 Å². The molecule has 156 valence electrons. The van der Waals surface area contributed by atoms with E-state index in [2.05, 4.69) is 11.4 Å². The first-order valence-electron chi connectivity index (χ1n) is 11.0. The molecule has 0 unspecified atom stereocenters. The first kappa shape index (κ1) is 22.3. The summed E-state index contributed by atoms with van der Waals surface area (Å²) in [5.41, 5.74) is 0.169. The number of hydrogen-bond donors (Lipinski definition) is 1. The average molecular weight is 389 g/mol. The van der Waals surface area contributed by atoms with Crippen molar-refractivity contribution in [3.63, 3.8) is 0 Å². The van der Waals surface area contributed by atoms with Gasteiger partial charge in [-0.05, 0) is 12.8 Å². The van der Waals surface area contributed by atoms with Crippen molar-refractivity contribution in [2.45, 2.75) is 83.6 Å². The average Bonchev–Trinajstić information content (AvgIpc) is 2.69. The zero-order valence-corrected chi connectivity index (χ0v) is 17.4. The second kappa shape index (κ2) is 12.4. The standard InChI is InChI=1S/C22H36N4O2/c1-19(27)25-13-15-26(16-14-25)22(28)20(17-23)18-24-21-11-9-7-5-3-2-4-6-8-10-12-21/h18,21,24H,2-16H2,1H3/b20-18-. The monoisotopic (exact) mass is 388 g/mol. The molecule has 2 rings (SSSR count). The van der Waals surface area contributed by atoms with Crippen LogP contribution in [-0.2, 0) is 9.59 Å². The van der Waals surface area contributed by atoms with Crippen molar-refractivity contribution in [2.24, 2.45) is 0 Å². The van der Waals surface area contributed by atoms with Crippen LogP contribution in [0.4, 0.5) is 0 Å². The number of hydrogen-bond acceptors (Lipinski definition) is 4. The molecule has 0 atom stereocenters. The third-order valence-corrected chi connectivity index (χ3v) is 5.93. The molecule has 0 bridgehead atoms. The fraction of sp³-hybridized carbons (Fsp3) is 0.773. The SMILES string of the molecule is CC(=O)N1CCN(C(=O)/C(C#N)=C\NC2CCCCCCCCCCC2)CC1. The first-order chi connectivity index (χ1) is 13.6. The summed E-state index contributed by atoms with van der Waals surface area (Å²) >= 11 is 0. The Morgan fingerprint density at radius 3 is 1.79 bits per heavy atom. The van der Waals surface area contributed by atoms with E-state index in [0.717, 1.165) is 12.8 Å². The quantitative estimate of drug-likeness (QED) is 0.594. The van der Waals surface area contributed by atoms with E-state index in [4.69, 9.17) is 0 Å². The molecule has 1 aliphatic carbocycles. The van der Waals surface area contributed by atoms with Gasteiger partial charge in [0.2, 0.25) is 5.91 Å². The fourth-order valence-corrected chi connectivity index (χ4v) is 4.07. The molecule has 6 heteroatoms. The number of rotatable bonds is 3. The predicted molar refractivity (Wildman–Crippen MR) is 110 cm³/mol. The van der Waals surface area contributed by atoms with Gasteiger partial charge in [0.25, 0.3) is 5.91 Å². The van der Waals surface area contributed by atoms with E-state index in [1.807, 2.05) is 0 Å². The summed E-state index contributed by atoms with van der Waals surface area (Å²) in [6, 6.07) is 2.41. The summed E-state index contributed by atoms with van der Waals surface area (Å²) in [7, 11) is 0. The molecule has 0 aromatic rings. The maximum atomic E-state index is 12.7. The molecule has 1 saturated carbocycles. The van der Waals surface area contributed by atoms with Gasteiger partial charge in [-0.15, -0.1) is 0 Å². The van der Waals surface area contributed by atoms with Crippen molar-refractivity contribution in [2.75, 3.05) is 26.2 Å². The van der Waals surface area contributed by atoms with Crippen LogP contribution in [0.2, 0.25) is 0 Å². The van der Waals surface area contributed by atoms with Gasteiger partial charge in [-0.2, -0.15) is 5.26 Å². The zero-order chi connectivity index (χ0) is 20.2. The molecule has 2 fully saturated rings. The lowest BCUT2D eigenvalue weighted by atomic mass is 9.98. The summed E-state index contributed by atoms with van der Waals surface area (Å²) < 4.78 is 0. The maximum Gasteiger partial charge on any atom is 0.266 e. The summed E-state index contributed by atoms with van der Waals surface area (Å²) in [5.74, 6) is -0.196.